The van der Waals surface area contributed by atoms with Gasteiger partial charge in [0.25, 0.3) is 0 Å². The van der Waals surface area contributed by atoms with E-state index in [0.29, 0.717) is 0 Å². The lowest BCUT2D eigenvalue weighted by Crippen LogP contribution is -2.20. The van der Waals surface area contributed by atoms with Crippen molar-refractivity contribution in [3.63, 3.8) is 0 Å². The molecule has 1 N–H and O–H groups in total. The van der Waals surface area contributed by atoms with Gasteiger partial charge in [0.2, 0.25) is 0 Å². The van der Waals surface area contributed by atoms with E-state index in [0.717, 1.165) is 32.7 Å². The summed E-state index contributed by atoms with van der Waals surface area (Å²) < 4.78 is 5.62. The fraction of sp³-hybridized carbons (Fsp3) is 0.600. The molecule has 0 aliphatic rings. The van der Waals surface area contributed by atoms with E-state index in [9.17, 15) is 0 Å². The van der Waals surface area contributed by atoms with Gasteiger partial charge in [-0.15, -0.1) is 0 Å². The van der Waals surface area contributed by atoms with Gasteiger partial charge in [-0.05, 0) is 44.4 Å². The first-order chi connectivity index (χ1) is 8.24. The number of hydrogen-bond donors (Lipinski definition) is 1. The van der Waals surface area contributed by atoms with Crippen LogP contribution in [-0.2, 0) is 11.2 Å². The smallest absolute Gasteiger partial charge is 0.0591 e. The summed E-state index contributed by atoms with van der Waals surface area (Å²) in [7, 11) is 0. The summed E-state index contributed by atoms with van der Waals surface area (Å²) in [5.41, 5.74) is 4.10. The van der Waals surface area contributed by atoms with Crippen LogP contribution >= 0.6 is 0 Å². The number of aryl methyl sites for hydroxylation is 2. The predicted octanol–water partition coefficient (Wildman–Crippen LogP) is 2.86. The molecule has 0 radical (unpaired) electrons. The normalized spacial score (nSPS) is 10.8. The molecule has 96 valence electrons. The molecule has 0 aromatic heterocycles. The number of rotatable bonds is 8. The minimum Gasteiger partial charge on any atom is -0.380 e. The number of hydrogen-bond acceptors (Lipinski definition) is 2. The van der Waals surface area contributed by atoms with Crippen molar-refractivity contribution in [1.82, 2.24) is 5.32 Å². The lowest BCUT2D eigenvalue weighted by atomic mass is 10.0. The number of benzene rings is 1. The quantitative estimate of drug-likeness (QED) is 0.700. The van der Waals surface area contributed by atoms with Crippen LogP contribution in [0.2, 0.25) is 0 Å². The minimum absolute atomic E-state index is 0.810. The average molecular weight is 235 g/mol. The zero-order valence-corrected chi connectivity index (χ0v) is 11.4. The summed E-state index contributed by atoms with van der Waals surface area (Å²) in [5, 5.41) is 3.33. The van der Waals surface area contributed by atoms with Crippen molar-refractivity contribution in [2.24, 2.45) is 0 Å². The van der Waals surface area contributed by atoms with Crippen LogP contribution in [0.3, 0.4) is 0 Å². The predicted molar refractivity (Wildman–Crippen MR) is 73.6 cm³/mol. The number of ether oxygens (including phenoxy) is 1. The van der Waals surface area contributed by atoms with Crippen LogP contribution in [0.15, 0.2) is 18.2 Å². The molecule has 1 aromatic rings. The minimum atomic E-state index is 0.810. The Morgan fingerprint density at radius 2 is 1.94 bits per heavy atom. The Balaban J connectivity index is 2.15. The lowest BCUT2D eigenvalue weighted by Gasteiger charge is -2.08. The van der Waals surface area contributed by atoms with Gasteiger partial charge in [-0.25, -0.2) is 0 Å². The van der Waals surface area contributed by atoms with E-state index < -0.39 is 0 Å². The molecular formula is C15H25NO. The molecule has 0 atom stereocenters. The molecule has 0 saturated carbocycles. The largest absolute Gasteiger partial charge is 0.380 e. The molecule has 0 spiro atoms. The summed E-state index contributed by atoms with van der Waals surface area (Å²) in [6.45, 7) is 10.1. The molecule has 0 bridgehead atoms. The highest BCUT2D eigenvalue weighted by atomic mass is 16.5. The summed E-state index contributed by atoms with van der Waals surface area (Å²) >= 11 is 0. The van der Waals surface area contributed by atoms with Gasteiger partial charge < -0.3 is 10.1 Å². The van der Waals surface area contributed by atoms with Crippen molar-refractivity contribution in [1.29, 1.82) is 0 Å². The first-order valence-electron chi connectivity index (χ1n) is 6.58. The van der Waals surface area contributed by atoms with Crippen LogP contribution in [0, 0.1) is 13.8 Å². The fourth-order valence-corrected chi connectivity index (χ4v) is 1.80. The van der Waals surface area contributed by atoms with E-state index in [4.69, 9.17) is 4.74 Å². The van der Waals surface area contributed by atoms with Gasteiger partial charge in [-0.3, -0.25) is 0 Å². The van der Waals surface area contributed by atoms with Gasteiger partial charge in [-0.1, -0.05) is 30.7 Å². The van der Waals surface area contributed by atoms with Gasteiger partial charge in [0.15, 0.2) is 0 Å². The third-order valence-electron chi connectivity index (χ3n) is 2.87. The molecule has 17 heavy (non-hydrogen) atoms. The third-order valence-corrected chi connectivity index (χ3v) is 2.87. The third kappa shape index (κ3) is 5.85. The first-order valence-corrected chi connectivity index (χ1v) is 6.58. The van der Waals surface area contributed by atoms with Crippen molar-refractivity contribution in [2.75, 3.05) is 26.3 Å². The molecule has 0 saturated heterocycles. The van der Waals surface area contributed by atoms with E-state index in [2.05, 4.69) is 44.3 Å². The van der Waals surface area contributed by atoms with E-state index in [1.807, 2.05) is 0 Å². The Bertz CT molecular complexity index is 323. The standard InChI is InChI=1S/C15H25NO/c1-4-8-16-9-11-17-10-7-15-12-13(2)5-6-14(15)3/h5-6,12,16H,4,7-11H2,1-3H3. The molecule has 0 unspecified atom stereocenters. The maximum Gasteiger partial charge on any atom is 0.0591 e. The fourth-order valence-electron chi connectivity index (χ4n) is 1.80. The highest BCUT2D eigenvalue weighted by Gasteiger charge is 1.98. The second-order valence-corrected chi connectivity index (χ2v) is 4.54. The van der Waals surface area contributed by atoms with Gasteiger partial charge >= 0.3 is 0 Å². The maximum absolute atomic E-state index is 5.62. The Hall–Kier alpha value is -0.860. The van der Waals surface area contributed by atoms with Gasteiger partial charge in [0.1, 0.15) is 0 Å². The molecular weight excluding hydrogens is 210 g/mol. The first kappa shape index (κ1) is 14.2. The molecule has 1 aromatic carbocycles. The second kappa shape index (κ2) is 8.26. The summed E-state index contributed by atoms with van der Waals surface area (Å²) in [4.78, 5) is 0. The molecule has 0 fully saturated rings. The molecule has 0 heterocycles. The van der Waals surface area contributed by atoms with Gasteiger partial charge in [-0.2, -0.15) is 0 Å². The van der Waals surface area contributed by atoms with Crippen LogP contribution < -0.4 is 5.32 Å². The summed E-state index contributed by atoms with van der Waals surface area (Å²) in [6, 6.07) is 6.61. The van der Waals surface area contributed by atoms with Crippen molar-refractivity contribution < 1.29 is 4.74 Å². The van der Waals surface area contributed by atoms with Crippen molar-refractivity contribution in [3.05, 3.63) is 34.9 Å². The summed E-state index contributed by atoms with van der Waals surface area (Å²) in [5.74, 6) is 0. The Morgan fingerprint density at radius 3 is 2.71 bits per heavy atom. The van der Waals surface area contributed by atoms with E-state index >= 15 is 0 Å². The highest BCUT2D eigenvalue weighted by molar-refractivity contribution is 5.30. The zero-order chi connectivity index (χ0) is 12.5. The molecule has 1 rings (SSSR count). The van der Waals surface area contributed by atoms with E-state index in [1.165, 1.54) is 23.1 Å². The van der Waals surface area contributed by atoms with Crippen molar-refractivity contribution >= 4 is 0 Å². The second-order valence-electron chi connectivity index (χ2n) is 4.54. The van der Waals surface area contributed by atoms with Crippen molar-refractivity contribution in [2.45, 2.75) is 33.6 Å². The Labute approximate surface area is 105 Å². The average Bonchev–Trinajstić information content (AvgIpc) is 2.32. The Kier molecular flexibility index (Phi) is 6.90. The van der Waals surface area contributed by atoms with Crippen LogP contribution in [0.25, 0.3) is 0 Å². The molecule has 0 aliphatic heterocycles. The van der Waals surface area contributed by atoms with E-state index in [-0.39, 0.29) is 0 Å². The molecule has 2 heteroatoms. The van der Waals surface area contributed by atoms with Gasteiger partial charge in [0.05, 0.1) is 13.2 Å². The van der Waals surface area contributed by atoms with Gasteiger partial charge in [0, 0.05) is 6.54 Å². The summed E-state index contributed by atoms with van der Waals surface area (Å²) in [6.07, 6.45) is 2.20. The van der Waals surface area contributed by atoms with Crippen LogP contribution in [0.5, 0.6) is 0 Å². The molecule has 2 nitrogen and oxygen atoms in total. The highest BCUT2D eigenvalue weighted by Crippen LogP contribution is 2.11. The zero-order valence-electron chi connectivity index (χ0n) is 11.4. The lowest BCUT2D eigenvalue weighted by molar-refractivity contribution is 0.139. The topological polar surface area (TPSA) is 21.3 Å². The number of nitrogens with one attached hydrogen (secondary N) is 1. The van der Waals surface area contributed by atoms with Crippen LogP contribution in [-0.4, -0.2) is 26.3 Å². The molecule has 0 amide bonds. The maximum atomic E-state index is 5.62. The van der Waals surface area contributed by atoms with Crippen molar-refractivity contribution in [3.8, 4) is 0 Å². The monoisotopic (exact) mass is 235 g/mol. The van der Waals surface area contributed by atoms with Crippen LogP contribution in [0.1, 0.15) is 30.0 Å². The van der Waals surface area contributed by atoms with E-state index in [1.54, 1.807) is 0 Å². The Morgan fingerprint density at radius 1 is 1.12 bits per heavy atom. The SMILES string of the molecule is CCCNCCOCCc1cc(C)ccc1C. The van der Waals surface area contributed by atoms with Crippen LogP contribution in [0.4, 0.5) is 0 Å². The molecule has 0 aliphatic carbocycles.